The van der Waals surface area contributed by atoms with Crippen molar-refractivity contribution in [3.8, 4) is 11.5 Å². The standard InChI is InChI=1S/C31H29ClN2O3/c1-36-26-15-8-22(9-16-26)20-24-4-3-5-28-30(24)33-34(31(28)23-11-17-27(37-2)18-12-23)29(35)19-10-21-6-13-25(32)14-7-21/h6-20,28,31H,3-5H2,1-2H3/b19-10+,24-20+/t28-,31-/m0/s1. The summed E-state index contributed by atoms with van der Waals surface area (Å²) in [5, 5.41) is 7.27. The number of rotatable bonds is 6. The summed E-state index contributed by atoms with van der Waals surface area (Å²) in [6.45, 7) is 0. The van der Waals surface area contributed by atoms with Crippen molar-refractivity contribution in [2.24, 2.45) is 11.0 Å². The van der Waals surface area contributed by atoms with Crippen LogP contribution in [0.25, 0.3) is 12.2 Å². The monoisotopic (exact) mass is 512 g/mol. The Morgan fingerprint density at radius 3 is 2.19 bits per heavy atom. The molecule has 3 aromatic carbocycles. The Morgan fingerprint density at radius 1 is 0.919 bits per heavy atom. The molecule has 3 aromatic rings. The number of hydrazone groups is 1. The Labute approximate surface area is 222 Å². The number of nitrogens with zero attached hydrogens (tertiary/aromatic N) is 2. The Kier molecular flexibility index (Phi) is 7.42. The van der Waals surface area contributed by atoms with E-state index in [0.717, 1.165) is 53.2 Å². The summed E-state index contributed by atoms with van der Waals surface area (Å²) in [5.41, 5.74) is 5.21. The number of fused-ring (bicyclic) bond motifs is 1. The van der Waals surface area contributed by atoms with Gasteiger partial charge in [0.05, 0.1) is 26.0 Å². The van der Waals surface area contributed by atoms with Crippen LogP contribution in [-0.2, 0) is 4.79 Å². The minimum atomic E-state index is -0.178. The third-order valence-electron chi connectivity index (χ3n) is 6.93. The highest BCUT2D eigenvalue weighted by molar-refractivity contribution is 6.30. The molecule has 1 fully saturated rings. The molecule has 2 aliphatic rings. The van der Waals surface area contributed by atoms with Gasteiger partial charge in [-0.05, 0) is 90.1 Å². The molecule has 1 heterocycles. The van der Waals surface area contributed by atoms with E-state index < -0.39 is 0 Å². The zero-order valence-electron chi connectivity index (χ0n) is 20.9. The number of amides is 1. The summed E-state index contributed by atoms with van der Waals surface area (Å²) in [5.74, 6) is 1.58. The van der Waals surface area contributed by atoms with Gasteiger partial charge in [-0.2, -0.15) is 5.10 Å². The molecular formula is C31H29ClN2O3. The summed E-state index contributed by atoms with van der Waals surface area (Å²) in [4.78, 5) is 13.5. The molecule has 5 nitrogen and oxygen atoms in total. The van der Waals surface area contributed by atoms with E-state index in [9.17, 15) is 4.79 Å². The molecule has 37 heavy (non-hydrogen) atoms. The number of methoxy groups -OCH3 is 2. The number of benzene rings is 3. The summed E-state index contributed by atoms with van der Waals surface area (Å²) in [7, 11) is 3.32. The van der Waals surface area contributed by atoms with Crippen LogP contribution in [-0.4, -0.2) is 30.8 Å². The predicted molar refractivity (Wildman–Crippen MR) is 149 cm³/mol. The van der Waals surface area contributed by atoms with Crippen molar-refractivity contribution in [3.05, 3.63) is 106 Å². The number of hydrogen-bond acceptors (Lipinski definition) is 4. The van der Waals surface area contributed by atoms with Gasteiger partial charge in [0.15, 0.2) is 0 Å². The molecule has 0 N–H and O–H groups in total. The van der Waals surface area contributed by atoms with Crippen molar-refractivity contribution >= 4 is 35.4 Å². The third-order valence-corrected chi connectivity index (χ3v) is 7.18. The maximum atomic E-state index is 13.5. The van der Waals surface area contributed by atoms with Gasteiger partial charge in [-0.1, -0.05) is 48.0 Å². The fraction of sp³-hybridized carbons (Fsp3) is 0.226. The summed E-state index contributed by atoms with van der Waals surface area (Å²) in [6.07, 6.45) is 8.53. The van der Waals surface area contributed by atoms with Crippen molar-refractivity contribution in [3.63, 3.8) is 0 Å². The van der Waals surface area contributed by atoms with E-state index in [1.165, 1.54) is 5.57 Å². The lowest BCUT2D eigenvalue weighted by Crippen LogP contribution is -2.30. The molecule has 0 bridgehead atoms. The normalized spacial score (nSPS) is 20.1. The summed E-state index contributed by atoms with van der Waals surface area (Å²) >= 11 is 6.01. The molecule has 1 aliphatic carbocycles. The first-order valence-electron chi connectivity index (χ1n) is 12.4. The second kappa shape index (κ2) is 11.1. The van der Waals surface area contributed by atoms with E-state index >= 15 is 0 Å². The molecule has 0 saturated heterocycles. The SMILES string of the molecule is COc1ccc(/C=C2\CCC[C@H]3C2=NN(C(=O)/C=C/c2ccc(Cl)cc2)[C@H]3c2ccc(OC)cc2)cc1. The van der Waals surface area contributed by atoms with Crippen LogP contribution in [0.15, 0.2) is 89.5 Å². The maximum Gasteiger partial charge on any atom is 0.267 e. The topological polar surface area (TPSA) is 51.1 Å². The summed E-state index contributed by atoms with van der Waals surface area (Å²) in [6, 6.07) is 23.2. The van der Waals surface area contributed by atoms with E-state index in [1.54, 1.807) is 31.4 Å². The van der Waals surface area contributed by atoms with Crippen LogP contribution in [0.3, 0.4) is 0 Å². The third kappa shape index (κ3) is 5.47. The number of carbonyl (C=O) groups is 1. The molecule has 5 rings (SSSR count). The molecule has 0 aromatic heterocycles. The van der Waals surface area contributed by atoms with Gasteiger partial charge in [-0.15, -0.1) is 0 Å². The molecular weight excluding hydrogens is 484 g/mol. The van der Waals surface area contributed by atoms with Crippen molar-refractivity contribution < 1.29 is 14.3 Å². The lowest BCUT2D eigenvalue weighted by atomic mass is 9.77. The molecule has 0 unspecified atom stereocenters. The lowest BCUT2D eigenvalue weighted by molar-refractivity contribution is -0.128. The molecule has 1 saturated carbocycles. The first kappa shape index (κ1) is 24.8. The second-order valence-corrected chi connectivity index (χ2v) is 9.65. The Bertz CT molecular complexity index is 1340. The minimum Gasteiger partial charge on any atom is -0.497 e. The minimum absolute atomic E-state index is 0.125. The molecule has 0 radical (unpaired) electrons. The van der Waals surface area contributed by atoms with Gasteiger partial charge in [0.1, 0.15) is 11.5 Å². The summed E-state index contributed by atoms with van der Waals surface area (Å²) < 4.78 is 10.7. The lowest BCUT2D eigenvalue weighted by Gasteiger charge is -2.29. The van der Waals surface area contributed by atoms with Gasteiger partial charge in [-0.3, -0.25) is 4.79 Å². The Hall–Kier alpha value is -3.83. The number of allylic oxidation sites excluding steroid dienone is 1. The molecule has 1 aliphatic heterocycles. The van der Waals surface area contributed by atoms with E-state index in [-0.39, 0.29) is 17.9 Å². The molecule has 188 valence electrons. The van der Waals surface area contributed by atoms with Gasteiger partial charge in [0.2, 0.25) is 0 Å². The van der Waals surface area contributed by atoms with Gasteiger partial charge in [0, 0.05) is 17.0 Å². The number of carbonyl (C=O) groups excluding carboxylic acids is 1. The van der Waals surface area contributed by atoms with E-state index in [2.05, 4.69) is 6.08 Å². The van der Waals surface area contributed by atoms with Crippen molar-refractivity contribution in [2.75, 3.05) is 14.2 Å². The molecule has 1 amide bonds. The van der Waals surface area contributed by atoms with Crippen molar-refractivity contribution in [1.82, 2.24) is 5.01 Å². The van der Waals surface area contributed by atoms with Gasteiger partial charge in [-0.25, -0.2) is 5.01 Å². The largest absolute Gasteiger partial charge is 0.497 e. The van der Waals surface area contributed by atoms with E-state index in [1.807, 2.05) is 72.8 Å². The van der Waals surface area contributed by atoms with Gasteiger partial charge >= 0.3 is 0 Å². The highest BCUT2D eigenvalue weighted by Crippen LogP contribution is 2.44. The second-order valence-electron chi connectivity index (χ2n) is 9.21. The van der Waals surface area contributed by atoms with Crippen LogP contribution >= 0.6 is 11.6 Å². The average molecular weight is 513 g/mol. The predicted octanol–water partition coefficient (Wildman–Crippen LogP) is 7.19. The highest BCUT2D eigenvalue weighted by Gasteiger charge is 2.43. The quantitative estimate of drug-likeness (QED) is 0.328. The Morgan fingerprint density at radius 2 is 1.54 bits per heavy atom. The smallest absolute Gasteiger partial charge is 0.267 e. The van der Waals surface area contributed by atoms with Crippen molar-refractivity contribution in [1.29, 1.82) is 0 Å². The molecule has 6 heteroatoms. The van der Waals surface area contributed by atoms with E-state index in [4.69, 9.17) is 26.2 Å². The maximum absolute atomic E-state index is 13.5. The van der Waals surface area contributed by atoms with Crippen LogP contribution in [0.1, 0.15) is 42.0 Å². The van der Waals surface area contributed by atoms with Crippen LogP contribution in [0.2, 0.25) is 5.02 Å². The molecule has 2 atom stereocenters. The zero-order chi connectivity index (χ0) is 25.8. The number of hydrogen-bond donors (Lipinski definition) is 0. The van der Waals surface area contributed by atoms with Crippen LogP contribution in [0.5, 0.6) is 11.5 Å². The van der Waals surface area contributed by atoms with E-state index in [0.29, 0.717) is 5.02 Å². The Balaban J connectivity index is 1.49. The van der Waals surface area contributed by atoms with Crippen molar-refractivity contribution in [2.45, 2.75) is 25.3 Å². The fourth-order valence-corrected chi connectivity index (χ4v) is 5.16. The van der Waals surface area contributed by atoms with Crippen LogP contribution < -0.4 is 9.47 Å². The molecule has 0 spiro atoms. The average Bonchev–Trinajstić information content (AvgIpc) is 3.34. The zero-order valence-corrected chi connectivity index (χ0v) is 21.7. The number of ether oxygens (including phenoxy) is 2. The van der Waals surface area contributed by atoms with Crippen LogP contribution in [0.4, 0.5) is 0 Å². The fourth-order valence-electron chi connectivity index (χ4n) is 5.04. The van der Waals surface area contributed by atoms with Crippen LogP contribution in [0, 0.1) is 5.92 Å². The highest BCUT2D eigenvalue weighted by atomic mass is 35.5. The first-order valence-corrected chi connectivity index (χ1v) is 12.8. The first-order chi connectivity index (χ1) is 18.1. The number of halogens is 1. The van der Waals surface area contributed by atoms with Gasteiger partial charge < -0.3 is 9.47 Å². The van der Waals surface area contributed by atoms with Gasteiger partial charge in [0.25, 0.3) is 5.91 Å².